The molecule has 2 aromatic carbocycles. The minimum atomic E-state index is -0.610. The molecule has 0 aliphatic carbocycles. The molecule has 144 valence electrons. The van der Waals surface area contributed by atoms with Crippen LogP contribution >= 0.6 is 0 Å². The SMILES string of the molecule is COc1cccc([C@H]2N=C(N)Nc3nc4cc5c(cc4n32)OCCCO5)c1O. The number of phenolic OH excluding ortho intramolecular Hbond substituents is 1. The number of phenols is 1. The van der Waals surface area contributed by atoms with Gasteiger partial charge in [-0.15, -0.1) is 0 Å². The van der Waals surface area contributed by atoms with Crippen molar-refractivity contribution in [2.75, 3.05) is 25.6 Å². The van der Waals surface area contributed by atoms with Crippen molar-refractivity contribution < 1.29 is 19.3 Å². The number of aliphatic imine (C=N–C) groups is 1. The molecule has 0 radical (unpaired) electrons. The monoisotopic (exact) mass is 381 g/mol. The minimum absolute atomic E-state index is 0.00981. The lowest BCUT2D eigenvalue weighted by Gasteiger charge is -2.24. The fourth-order valence-electron chi connectivity index (χ4n) is 3.54. The zero-order valence-electron chi connectivity index (χ0n) is 15.2. The maximum absolute atomic E-state index is 10.7. The van der Waals surface area contributed by atoms with Gasteiger partial charge in [-0.05, 0) is 6.07 Å². The maximum atomic E-state index is 10.7. The van der Waals surface area contributed by atoms with Crippen molar-refractivity contribution in [2.24, 2.45) is 10.7 Å². The Labute approximate surface area is 160 Å². The van der Waals surface area contributed by atoms with Crippen molar-refractivity contribution in [3.05, 3.63) is 35.9 Å². The Balaban J connectivity index is 1.72. The number of aromatic nitrogens is 2. The average Bonchev–Trinajstić information content (AvgIpc) is 2.87. The number of nitrogens with one attached hydrogen (secondary N) is 1. The predicted octanol–water partition coefficient (Wildman–Crippen LogP) is 2.20. The predicted molar refractivity (Wildman–Crippen MR) is 103 cm³/mol. The van der Waals surface area contributed by atoms with E-state index in [1.807, 2.05) is 16.7 Å². The van der Waals surface area contributed by atoms with E-state index in [1.54, 1.807) is 18.2 Å². The van der Waals surface area contributed by atoms with Crippen LogP contribution in [0.1, 0.15) is 18.2 Å². The Bertz CT molecular complexity index is 1110. The largest absolute Gasteiger partial charge is 0.504 e. The number of ether oxygens (including phenoxy) is 3. The van der Waals surface area contributed by atoms with E-state index in [2.05, 4.69) is 15.3 Å². The summed E-state index contributed by atoms with van der Waals surface area (Å²) >= 11 is 0. The summed E-state index contributed by atoms with van der Waals surface area (Å²) in [7, 11) is 1.50. The number of nitrogens with two attached hydrogens (primary N) is 1. The number of methoxy groups -OCH3 is 1. The molecule has 5 rings (SSSR count). The quantitative estimate of drug-likeness (QED) is 0.623. The Morgan fingerprint density at radius 2 is 2.04 bits per heavy atom. The lowest BCUT2D eigenvalue weighted by atomic mass is 10.1. The molecule has 1 atom stereocenters. The van der Waals surface area contributed by atoms with E-state index in [4.69, 9.17) is 19.9 Å². The van der Waals surface area contributed by atoms with Crippen molar-refractivity contribution in [3.63, 3.8) is 0 Å². The number of hydrogen-bond acceptors (Lipinski definition) is 8. The molecule has 0 unspecified atom stereocenters. The Kier molecular flexibility index (Phi) is 3.68. The number of nitrogens with zero attached hydrogens (tertiary/aromatic N) is 3. The first-order chi connectivity index (χ1) is 13.7. The highest BCUT2D eigenvalue weighted by molar-refractivity contribution is 5.95. The second-order valence-corrected chi connectivity index (χ2v) is 6.55. The summed E-state index contributed by atoms with van der Waals surface area (Å²) in [6.07, 6.45) is 0.210. The molecule has 2 aliphatic rings. The number of anilines is 1. The third kappa shape index (κ3) is 2.47. The number of benzene rings is 2. The van der Waals surface area contributed by atoms with Gasteiger partial charge in [0.25, 0.3) is 0 Å². The van der Waals surface area contributed by atoms with Crippen LogP contribution in [0.3, 0.4) is 0 Å². The van der Waals surface area contributed by atoms with Gasteiger partial charge in [0.05, 0.1) is 31.4 Å². The number of para-hydroxylation sites is 1. The molecular weight excluding hydrogens is 362 g/mol. The molecule has 9 heteroatoms. The summed E-state index contributed by atoms with van der Waals surface area (Å²) < 4.78 is 18.7. The van der Waals surface area contributed by atoms with Gasteiger partial charge in [-0.1, -0.05) is 12.1 Å². The number of imidazole rings is 1. The van der Waals surface area contributed by atoms with Gasteiger partial charge in [0.2, 0.25) is 5.95 Å². The average molecular weight is 381 g/mol. The van der Waals surface area contributed by atoms with Crippen LogP contribution in [0.25, 0.3) is 11.0 Å². The van der Waals surface area contributed by atoms with Crippen LogP contribution in [0.15, 0.2) is 35.3 Å². The number of aromatic hydroxyl groups is 1. The van der Waals surface area contributed by atoms with Crippen LogP contribution in [-0.4, -0.2) is 40.9 Å². The fraction of sp³-hybridized carbons (Fsp3) is 0.263. The molecule has 0 spiro atoms. The molecule has 3 aromatic rings. The van der Waals surface area contributed by atoms with Gasteiger partial charge >= 0.3 is 0 Å². The van der Waals surface area contributed by atoms with E-state index in [0.717, 1.165) is 11.9 Å². The molecule has 0 fully saturated rings. The van der Waals surface area contributed by atoms with Crippen molar-refractivity contribution in [1.29, 1.82) is 0 Å². The lowest BCUT2D eigenvalue weighted by Crippen LogP contribution is -2.31. The molecular formula is C19H19N5O4. The van der Waals surface area contributed by atoms with Crippen LogP contribution in [0.5, 0.6) is 23.0 Å². The summed E-state index contributed by atoms with van der Waals surface area (Å²) in [5, 5.41) is 13.6. The first-order valence-electron chi connectivity index (χ1n) is 8.93. The highest BCUT2D eigenvalue weighted by atomic mass is 16.5. The lowest BCUT2D eigenvalue weighted by molar-refractivity contribution is 0.297. The van der Waals surface area contributed by atoms with Crippen molar-refractivity contribution in [1.82, 2.24) is 9.55 Å². The maximum Gasteiger partial charge on any atom is 0.212 e. The van der Waals surface area contributed by atoms with E-state index >= 15 is 0 Å². The van der Waals surface area contributed by atoms with E-state index in [1.165, 1.54) is 7.11 Å². The summed E-state index contributed by atoms with van der Waals surface area (Å²) in [5.74, 6) is 2.43. The normalized spacial score (nSPS) is 18.0. The smallest absolute Gasteiger partial charge is 0.212 e. The molecule has 28 heavy (non-hydrogen) atoms. The Morgan fingerprint density at radius 3 is 2.82 bits per heavy atom. The van der Waals surface area contributed by atoms with Gasteiger partial charge in [0, 0.05) is 24.1 Å². The highest BCUT2D eigenvalue weighted by Gasteiger charge is 2.29. The standard InChI is InChI=1S/C19H19N5O4/c1-26-13-5-2-4-10(16(13)25)17-22-18(20)23-19-21-11-8-14-15(9-12(11)24(17)19)28-7-3-6-27-14/h2,4-5,8-9,17,25H,3,6-7H2,1H3,(H3,20,21,22,23)/t17-/m0/s1. The second kappa shape index (κ2) is 6.22. The van der Waals surface area contributed by atoms with E-state index in [0.29, 0.717) is 47.5 Å². The molecule has 4 N–H and O–H groups in total. The molecule has 9 nitrogen and oxygen atoms in total. The number of guanidine groups is 1. The van der Waals surface area contributed by atoms with E-state index < -0.39 is 6.17 Å². The highest BCUT2D eigenvalue weighted by Crippen LogP contribution is 2.42. The zero-order valence-corrected chi connectivity index (χ0v) is 15.2. The summed E-state index contributed by atoms with van der Waals surface area (Å²) in [5.41, 5.74) is 8.04. The number of fused-ring (bicyclic) bond motifs is 4. The third-order valence-electron chi connectivity index (χ3n) is 4.83. The second-order valence-electron chi connectivity index (χ2n) is 6.55. The summed E-state index contributed by atoms with van der Waals surface area (Å²) in [4.78, 5) is 9.13. The van der Waals surface area contributed by atoms with Crippen LogP contribution in [-0.2, 0) is 0 Å². The first kappa shape index (κ1) is 16.5. The zero-order chi connectivity index (χ0) is 19.3. The van der Waals surface area contributed by atoms with Crippen molar-refractivity contribution >= 4 is 22.9 Å². The Morgan fingerprint density at radius 1 is 1.25 bits per heavy atom. The third-order valence-corrected chi connectivity index (χ3v) is 4.83. The van der Waals surface area contributed by atoms with Gasteiger partial charge in [0.15, 0.2) is 35.1 Å². The molecule has 3 heterocycles. The van der Waals surface area contributed by atoms with Gasteiger partial charge in [0.1, 0.15) is 0 Å². The van der Waals surface area contributed by atoms with E-state index in [9.17, 15) is 5.11 Å². The van der Waals surface area contributed by atoms with Gasteiger partial charge in [-0.2, -0.15) is 0 Å². The molecule has 0 saturated carbocycles. The van der Waals surface area contributed by atoms with Crippen LogP contribution in [0, 0.1) is 0 Å². The molecule has 0 saturated heterocycles. The Hall–Kier alpha value is -3.62. The van der Waals surface area contributed by atoms with Gasteiger partial charge in [-0.25, -0.2) is 9.98 Å². The van der Waals surface area contributed by atoms with Gasteiger partial charge < -0.3 is 25.1 Å². The summed E-state index contributed by atoms with van der Waals surface area (Å²) in [6.45, 7) is 1.18. The van der Waals surface area contributed by atoms with Crippen LogP contribution in [0.4, 0.5) is 5.95 Å². The minimum Gasteiger partial charge on any atom is -0.504 e. The molecule has 2 aliphatic heterocycles. The van der Waals surface area contributed by atoms with Crippen molar-refractivity contribution in [2.45, 2.75) is 12.6 Å². The van der Waals surface area contributed by atoms with Crippen LogP contribution < -0.4 is 25.3 Å². The molecule has 0 amide bonds. The van der Waals surface area contributed by atoms with E-state index in [-0.39, 0.29) is 11.7 Å². The number of hydrogen-bond donors (Lipinski definition) is 3. The first-order valence-corrected chi connectivity index (χ1v) is 8.93. The van der Waals surface area contributed by atoms with Gasteiger partial charge in [-0.3, -0.25) is 9.88 Å². The molecule has 0 bridgehead atoms. The summed E-state index contributed by atoms with van der Waals surface area (Å²) in [6, 6.07) is 8.99. The topological polar surface area (TPSA) is 116 Å². The number of rotatable bonds is 2. The molecule has 1 aromatic heterocycles. The van der Waals surface area contributed by atoms with Crippen molar-refractivity contribution in [3.8, 4) is 23.0 Å². The van der Waals surface area contributed by atoms with Crippen LogP contribution in [0.2, 0.25) is 0 Å². The fourth-order valence-corrected chi connectivity index (χ4v) is 3.54.